The Morgan fingerprint density at radius 2 is 1.74 bits per heavy atom. The van der Waals surface area contributed by atoms with E-state index in [1.165, 1.54) is 0 Å². The minimum atomic E-state index is -0.612. The summed E-state index contributed by atoms with van der Waals surface area (Å²) < 4.78 is 23.1. The highest BCUT2D eigenvalue weighted by molar-refractivity contribution is 9.10. The lowest BCUT2D eigenvalue weighted by atomic mass is 9.71. The molecule has 0 unspecified atom stereocenters. The highest BCUT2D eigenvalue weighted by atomic mass is 79.9. The van der Waals surface area contributed by atoms with Crippen LogP contribution in [0.1, 0.15) is 49.7 Å². The molecule has 0 amide bonds. The van der Waals surface area contributed by atoms with Crippen molar-refractivity contribution >= 4 is 39.4 Å². The maximum absolute atomic E-state index is 13.9. The van der Waals surface area contributed by atoms with Crippen LogP contribution in [0.5, 0.6) is 17.2 Å². The van der Waals surface area contributed by atoms with Crippen molar-refractivity contribution in [2.45, 2.75) is 38.5 Å². The zero-order chi connectivity index (χ0) is 28.1. The first kappa shape index (κ1) is 29.1. The van der Waals surface area contributed by atoms with E-state index >= 15 is 0 Å². The van der Waals surface area contributed by atoms with Crippen molar-refractivity contribution in [2.24, 2.45) is 0 Å². The predicted octanol–water partition coefficient (Wildman–Crippen LogP) is 6.13. The average Bonchev–Trinajstić information content (AvgIpc) is 2.93. The summed E-state index contributed by atoms with van der Waals surface area (Å²) in [5, 5.41) is 3.41. The van der Waals surface area contributed by atoms with E-state index in [1.807, 2.05) is 43.3 Å². The van der Waals surface area contributed by atoms with Crippen LogP contribution in [0, 0.1) is 0 Å². The van der Waals surface area contributed by atoms with Crippen LogP contribution in [0.2, 0.25) is 0 Å². The summed E-state index contributed by atoms with van der Waals surface area (Å²) in [5.41, 5.74) is 4.25. The fraction of sp³-hybridized carbons (Fsp3) is 0.400. The molecule has 1 heterocycles. The largest absolute Gasteiger partial charge is 0.496 e. The molecule has 0 aromatic heterocycles. The number of hydrogen-bond acceptors (Lipinski definition) is 8. The molecule has 1 N–H and O–H groups in total. The van der Waals surface area contributed by atoms with Crippen molar-refractivity contribution in [2.75, 3.05) is 39.4 Å². The van der Waals surface area contributed by atoms with E-state index in [1.54, 1.807) is 33.1 Å². The molecule has 4 rings (SSSR count). The molecular formula is C30H34BrNO6S. The SMILES string of the molecule is CCSCCOC(=O)C1=C(C)NC2=C(C(=O)C[C@H](c3ccc(OC)c(OC)c3)C2)[C@@H]1c1cc(Br)ccc1OC. The lowest BCUT2D eigenvalue weighted by Crippen LogP contribution is -2.36. The Balaban J connectivity index is 1.77. The van der Waals surface area contributed by atoms with Gasteiger partial charge in [0.1, 0.15) is 12.4 Å². The molecule has 2 aromatic carbocycles. The summed E-state index contributed by atoms with van der Waals surface area (Å²) in [7, 11) is 4.79. The minimum Gasteiger partial charge on any atom is -0.496 e. The van der Waals surface area contributed by atoms with Gasteiger partial charge in [0, 0.05) is 39.2 Å². The highest BCUT2D eigenvalue weighted by Gasteiger charge is 2.42. The normalized spacial score (nSPS) is 18.9. The number of carbonyl (C=O) groups is 2. The van der Waals surface area contributed by atoms with Gasteiger partial charge < -0.3 is 24.3 Å². The predicted molar refractivity (Wildman–Crippen MR) is 157 cm³/mol. The molecule has 2 aliphatic rings. The molecular weight excluding hydrogens is 582 g/mol. The van der Waals surface area contributed by atoms with Crippen molar-refractivity contribution in [3.63, 3.8) is 0 Å². The van der Waals surface area contributed by atoms with Gasteiger partial charge in [-0.05, 0) is 60.9 Å². The van der Waals surface area contributed by atoms with Crippen molar-refractivity contribution < 1.29 is 28.5 Å². The number of carbonyl (C=O) groups excluding carboxylic acids is 2. The van der Waals surface area contributed by atoms with Crippen molar-refractivity contribution in [1.29, 1.82) is 0 Å². The van der Waals surface area contributed by atoms with E-state index in [0.717, 1.165) is 27.0 Å². The van der Waals surface area contributed by atoms with Crippen LogP contribution in [-0.4, -0.2) is 51.2 Å². The van der Waals surface area contributed by atoms with Crippen molar-refractivity contribution in [3.05, 3.63) is 74.5 Å². The Morgan fingerprint density at radius 3 is 2.44 bits per heavy atom. The maximum Gasteiger partial charge on any atom is 0.336 e. The number of Topliss-reactive ketones (excluding diaryl/α,β-unsaturated/α-hetero) is 1. The number of benzene rings is 2. The van der Waals surface area contributed by atoms with Gasteiger partial charge in [0.15, 0.2) is 17.3 Å². The third-order valence-electron chi connectivity index (χ3n) is 7.09. The van der Waals surface area contributed by atoms with Gasteiger partial charge in [0.25, 0.3) is 0 Å². The Morgan fingerprint density at radius 1 is 1.03 bits per heavy atom. The Kier molecular flexibility index (Phi) is 9.67. The number of hydrogen-bond donors (Lipinski definition) is 1. The number of halogens is 1. The van der Waals surface area contributed by atoms with Gasteiger partial charge in [0.05, 0.1) is 32.8 Å². The Labute approximate surface area is 242 Å². The standard InChI is InChI=1S/C30H34BrNO6S/c1-6-39-12-11-38-30(34)27-17(2)32-22-13-19(18-7-9-25(36-4)26(15-18)37-5)14-23(33)29(22)28(27)21-16-20(31)8-10-24(21)35-3/h7-10,15-16,19,28,32H,6,11-14H2,1-5H3/t19-,28-/m1/s1. The maximum atomic E-state index is 13.9. The summed E-state index contributed by atoms with van der Waals surface area (Å²) in [4.78, 5) is 27.4. The van der Waals surface area contributed by atoms with E-state index in [0.29, 0.717) is 59.3 Å². The van der Waals surface area contributed by atoms with Crippen LogP contribution in [0.4, 0.5) is 0 Å². The van der Waals surface area contributed by atoms with Gasteiger partial charge in [-0.1, -0.05) is 28.9 Å². The first-order valence-electron chi connectivity index (χ1n) is 12.9. The molecule has 0 saturated heterocycles. The van der Waals surface area contributed by atoms with Gasteiger partial charge >= 0.3 is 5.97 Å². The monoisotopic (exact) mass is 615 g/mol. The number of methoxy groups -OCH3 is 3. The van der Waals surface area contributed by atoms with E-state index < -0.39 is 11.9 Å². The molecule has 0 spiro atoms. The zero-order valence-electron chi connectivity index (χ0n) is 22.9. The minimum absolute atomic E-state index is 0.0186. The van der Waals surface area contributed by atoms with Gasteiger partial charge in [-0.3, -0.25) is 4.79 Å². The number of allylic oxidation sites excluding steroid dienone is 3. The molecule has 9 heteroatoms. The lowest BCUT2D eigenvalue weighted by Gasteiger charge is -2.37. The molecule has 2 atom stereocenters. The fourth-order valence-corrected chi connectivity index (χ4v) is 6.18. The molecule has 0 fully saturated rings. The number of ether oxygens (including phenoxy) is 4. The van der Waals surface area contributed by atoms with Crippen molar-refractivity contribution in [1.82, 2.24) is 5.32 Å². The molecule has 7 nitrogen and oxygen atoms in total. The number of rotatable bonds is 10. The summed E-state index contributed by atoms with van der Waals surface area (Å²) >= 11 is 5.27. The summed E-state index contributed by atoms with van der Waals surface area (Å²) in [6.45, 7) is 4.23. The Bertz CT molecular complexity index is 1320. The molecule has 208 valence electrons. The summed E-state index contributed by atoms with van der Waals surface area (Å²) in [6, 6.07) is 11.4. The van der Waals surface area contributed by atoms with Crippen LogP contribution in [-0.2, 0) is 14.3 Å². The third kappa shape index (κ3) is 6.14. The van der Waals surface area contributed by atoms with Gasteiger partial charge in [0.2, 0.25) is 0 Å². The van der Waals surface area contributed by atoms with Gasteiger partial charge in [-0.2, -0.15) is 11.8 Å². The van der Waals surface area contributed by atoms with E-state index in [-0.39, 0.29) is 11.7 Å². The molecule has 0 radical (unpaired) electrons. The summed E-state index contributed by atoms with van der Waals surface area (Å²) in [6.07, 6.45) is 0.910. The molecule has 0 bridgehead atoms. The summed E-state index contributed by atoms with van der Waals surface area (Å²) in [5.74, 6) is 2.42. The number of dihydropyridines is 1. The molecule has 0 saturated carbocycles. The van der Waals surface area contributed by atoms with Crippen LogP contribution >= 0.6 is 27.7 Å². The molecule has 1 aliphatic heterocycles. The second kappa shape index (κ2) is 13.0. The van der Waals surface area contributed by atoms with Crippen LogP contribution in [0.3, 0.4) is 0 Å². The molecule has 2 aromatic rings. The number of ketones is 1. The first-order chi connectivity index (χ1) is 18.8. The first-order valence-corrected chi connectivity index (χ1v) is 14.8. The van der Waals surface area contributed by atoms with Crippen LogP contribution in [0.25, 0.3) is 0 Å². The van der Waals surface area contributed by atoms with Crippen LogP contribution in [0.15, 0.2) is 63.4 Å². The zero-order valence-corrected chi connectivity index (χ0v) is 25.3. The average molecular weight is 617 g/mol. The topological polar surface area (TPSA) is 83.1 Å². The third-order valence-corrected chi connectivity index (χ3v) is 8.45. The van der Waals surface area contributed by atoms with Gasteiger partial charge in [-0.15, -0.1) is 0 Å². The Hall–Kier alpha value is -2.91. The van der Waals surface area contributed by atoms with Crippen LogP contribution < -0.4 is 19.5 Å². The second-order valence-corrected chi connectivity index (χ2v) is 11.7. The van der Waals surface area contributed by atoms with Crippen molar-refractivity contribution in [3.8, 4) is 17.2 Å². The smallest absolute Gasteiger partial charge is 0.336 e. The van der Waals surface area contributed by atoms with E-state index in [4.69, 9.17) is 18.9 Å². The van der Waals surface area contributed by atoms with E-state index in [9.17, 15) is 9.59 Å². The number of thioether (sulfide) groups is 1. The molecule has 39 heavy (non-hydrogen) atoms. The second-order valence-electron chi connectivity index (χ2n) is 9.35. The van der Waals surface area contributed by atoms with E-state index in [2.05, 4.69) is 28.2 Å². The lowest BCUT2D eigenvalue weighted by molar-refractivity contribution is -0.138. The fourth-order valence-electron chi connectivity index (χ4n) is 5.31. The van der Waals surface area contributed by atoms with Gasteiger partial charge in [-0.25, -0.2) is 4.79 Å². The number of esters is 1. The molecule has 1 aliphatic carbocycles. The quantitative estimate of drug-likeness (QED) is 0.252. The number of nitrogens with one attached hydrogen (secondary N) is 1. The highest BCUT2D eigenvalue weighted by Crippen LogP contribution is 2.48.